The highest BCUT2D eigenvalue weighted by atomic mass is 16.5. The van der Waals surface area contributed by atoms with Gasteiger partial charge in [0.05, 0.1) is 19.7 Å². The second-order valence-corrected chi connectivity index (χ2v) is 4.85. The molecule has 0 aromatic heterocycles. The van der Waals surface area contributed by atoms with Gasteiger partial charge in [-0.2, -0.15) is 0 Å². The molecule has 98 valence electrons. The Bertz CT molecular complexity index is 270. The molecule has 0 bridgehead atoms. The summed E-state index contributed by atoms with van der Waals surface area (Å²) >= 11 is 0. The molecule has 0 saturated carbocycles. The van der Waals surface area contributed by atoms with Gasteiger partial charge in [0.2, 0.25) is 0 Å². The van der Waals surface area contributed by atoms with Crippen LogP contribution in [0.2, 0.25) is 0 Å². The van der Waals surface area contributed by atoms with E-state index in [1.54, 1.807) is 14.0 Å². The number of nitrogens with zero attached hydrogens (tertiary/aromatic N) is 1. The Morgan fingerprint density at radius 2 is 1.82 bits per heavy atom. The molecule has 1 fully saturated rings. The molecule has 4 heteroatoms. The molecule has 0 aromatic carbocycles. The maximum Gasteiger partial charge on any atom is 0.333 e. The van der Waals surface area contributed by atoms with Gasteiger partial charge in [0.1, 0.15) is 19.7 Å². The second kappa shape index (κ2) is 6.77. The maximum absolute atomic E-state index is 11.3. The van der Waals surface area contributed by atoms with Crippen LogP contribution in [0.3, 0.4) is 0 Å². The first-order chi connectivity index (χ1) is 8.09. The van der Waals surface area contributed by atoms with Crippen LogP contribution in [-0.2, 0) is 14.3 Å². The number of carbonyl (C=O) groups is 1. The summed E-state index contributed by atoms with van der Waals surface area (Å²) < 4.78 is 11.4. The van der Waals surface area contributed by atoms with Crippen LogP contribution < -0.4 is 0 Å². The molecule has 1 saturated heterocycles. The number of ether oxygens (including phenoxy) is 2. The van der Waals surface area contributed by atoms with E-state index in [9.17, 15) is 4.79 Å². The Morgan fingerprint density at radius 3 is 2.35 bits per heavy atom. The number of likely N-dealkylation sites (tertiary alicyclic amines) is 1. The van der Waals surface area contributed by atoms with Crippen molar-refractivity contribution >= 4 is 5.97 Å². The third kappa shape index (κ3) is 4.48. The van der Waals surface area contributed by atoms with Crippen LogP contribution in [0.4, 0.5) is 0 Å². The van der Waals surface area contributed by atoms with Gasteiger partial charge >= 0.3 is 5.97 Å². The van der Waals surface area contributed by atoms with Crippen molar-refractivity contribution in [3.8, 4) is 0 Å². The van der Waals surface area contributed by atoms with Gasteiger partial charge in [0.25, 0.3) is 0 Å². The standard InChI is InChI=1S/C13H24NO3/c1-12(2)13(15)17-11-9-14(8-10-16-3)6-4-5-7-14/h1,4-11H2,2-3H3/q+1. The van der Waals surface area contributed by atoms with E-state index in [2.05, 4.69) is 6.58 Å². The average Bonchev–Trinajstić information content (AvgIpc) is 2.75. The Kier molecular flexibility index (Phi) is 5.65. The van der Waals surface area contributed by atoms with E-state index in [4.69, 9.17) is 9.47 Å². The van der Waals surface area contributed by atoms with Crippen LogP contribution in [0.25, 0.3) is 0 Å². The normalized spacial score (nSPS) is 18.0. The molecule has 1 aliphatic rings. The van der Waals surface area contributed by atoms with E-state index in [1.165, 1.54) is 25.9 Å². The zero-order chi connectivity index (χ0) is 12.7. The zero-order valence-electron chi connectivity index (χ0n) is 11.0. The summed E-state index contributed by atoms with van der Waals surface area (Å²) in [4.78, 5) is 11.3. The Morgan fingerprint density at radius 1 is 1.24 bits per heavy atom. The number of esters is 1. The number of rotatable bonds is 7. The van der Waals surface area contributed by atoms with Crippen molar-refractivity contribution in [1.82, 2.24) is 0 Å². The van der Waals surface area contributed by atoms with E-state index in [0.717, 1.165) is 24.2 Å². The van der Waals surface area contributed by atoms with Gasteiger partial charge in [0.15, 0.2) is 0 Å². The van der Waals surface area contributed by atoms with Crippen LogP contribution in [0.5, 0.6) is 0 Å². The topological polar surface area (TPSA) is 35.5 Å². The van der Waals surface area contributed by atoms with Crippen molar-refractivity contribution in [2.45, 2.75) is 19.8 Å². The first kappa shape index (κ1) is 14.2. The SMILES string of the molecule is C=C(C)C(=O)OCC[N+]1(CCOC)CCCC1. The highest BCUT2D eigenvalue weighted by molar-refractivity contribution is 5.86. The van der Waals surface area contributed by atoms with Gasteiger partial charge in [-0.3, -0.25) is 0 Å². The van der Waals surface area contributed by atoms with Crippen LogP contribution >= 0.6 is 0 Å². The summed E-state index contributed by atoms with van der Waals surface area (Å²) in [6, 6.07) is 0. The van der Waals surface area contributed by atoms with Crippen molar-refractivity contribution in [3.05, 3.63) is 12.2 Å². The fourth-order valence-corrected chi connectivity index (χ4v) is 2.31. The van der Waals surface area contributed by atoms with E-state index >= 15 is 0 Å². The highest BCUT2D eigenvalue weighted by Crippen LogP contribution is 2.18. The number of carbonyl (C=O) groups excluding carboxylic acids is 1. The molecule has 4 nitrogen and oxygen atoms in total. The third-order valence-electron chi connectivity index (χ3n) is 3.43. The molecule has 0 spiro atoms. The van der Waals surface area contributed by atoms with Crippen LogP contribution in [0.15, 0.2) is 12.2 Å². The number of methoxy groups -OCH3 is 1. The number of quaternary nitrogens is 1. The summed E-state index contributed by atoms with van der Waals surface area (Å²) in [5.74, 6) is -0.283. The third-order valence-corrected chi connectivity index (χ3v) is 3.43. The van der Waals surface area contributed by atoms with Gasteiger partial charge in [-0.05, 0) is 6.92 Å². The van der Waals surface area contributed by atoms with Gasteiger partial charge in [0, 0.05) is 25.5 Å². The minimum atomic E-state index is -0.283. The zero-order valence-corrected chi connectivity index (χ0v) is 11.0. The van der Waals surface area contributed by atoms with Gasteiger partial charge in [-0.15, -0.1) is 0 Å². The van der Waals surface area contributed by atoms with E-state index < -0.39 is 0 Å². The molecule has 0 unspecified atom stereocenters. The van der Waals surface area contributed by atoms with Crippen LogP contribution in [0, 0.1) is 0 Å². The first-order valence-corrected chi connectivity index (χ1v) is 6.26. The number of hydrogen-bond acceptors (Lipinski definition) is 3. The van der Waals surface area contributed by atoms with Crippen molar-refractivity contribution in [1.29, 1.82) is 0 Å². The van der Waals surface area contributed by atoms with Gasteiger partial charge in [-0.1, -0.05) is 6.58 Å². The molecule has 17 heavy (non-hydrogen) atoms. The molecule has 1 heterocycles. The lowest BCUT2D eigenvalue weighted by Crippen LogP contribution is -2.49. The second-order valence-electron chi connectivity index (χ2n) is 4.85. The summed E-state index contributed by atoms with van der Waals surface area (Å²) in [5.41, 5.74) is 0.467. The van der Waals surface area contributed by atoms with E-state index in [0.29, 0.717) is 12.2 Å². The Balaban J connectivity index is 2.34. The quantitative estimate of drug-likeness (QED) is 0.384. The van der Waals surface area contributed by atoms with E-state index in [1.807, 2.05) is 0 Å². The Labute approximate surface area is 104 Å². The van der Waals surface area contributed by atoms with Crippen molar-refractivity contribution in [2.75, 3.05) is 46.5 Å². The summed E-state index contributed by atoms with van der Waals surface area (Å²) in [7, 11) is 1.73. The Hall–Kier alpha value is -0.870. The summed E-state index contributed by atoms with van der Waals surface area (Å²) in [6.07, 6.45) is 2.52. The average molecular weight is 242 g/mol. The molecule has 0 amide bonds. The lowest BCUT2D eigenvalue weighted by molar-refractivity contribution is -0.917. The predicted molar refractivity (Wildman–Crippen MR) is 66.6 cm³/mol. The lowest BCUT2D eigenvalue weighted by atomic mass is 10.3. The monoisotopic (exact) mass is 242 g/mol. The highest BCUT2D eigenvalue weighted by Gasteiger charge is 2.31. The van der Waals surface area contributed by atoms with Crippen molar-refractivity contribution < 1.29 is 18.8 Å². The minimum Gasteiger partial charge on any atom is -0.456 e. The minimum absolute atomic E-state index is 0.283. The van der Waals surface area contributed by atoms with E-state index in [-0.39, 0.29) is 5.97 Å². The molecule has 0 N–H and O–H groups in total. The van der Waals surface area contributed by atoms with Gasteiger partial charge in [-0.25, -0.2) is 4.79 Å². The number of hydrogen-bond donors (Lipinski definition) is 0. The fourth-order valence-electron chi connectivity index (χ4n) is 2.31. The summed E-state index contributed by atoms with van der Waals surface area (Å²) in [6.45, 7) is 10.8. The van der Waals surface area contributed by atoms with Crippen LogP contribution in [-0.4, -0.2) is 57.0 Å². The maximum atomic E-state index is 11.3. The predicted octanol–water partition coefficient (Wildman–Crippen LogP) is 1.36. The summed E-state index contributed by atoms with van der Waals surface area (Å²) in [5, 5.41) is 0. The molecular weight excluding hydrogens is 218 g/mol. The van der Waals surface area contributed by atoms with Crippen LogP contribution in [0.1, 0.15) is 19.8 Å². The molecule has 0 atom stereocenters. The molecule has 1 rings (SSSR count). The first-order valence-electron chi connectivity index (χ1n) is 6.26. The largest absolute Gasteiger partial charge is 0.456 e. The van der Waals surface area contributed by atoms with Crippen molar-refractivity contribution in [3.63, 3.8) is 0 Å². The lowest BCUT2D eigenvalue weighted by Gasteiger charge is -2.33. The fraction of sp³-hybridized carbons (Fsp3) is 0.769. The molecule has 0 radical (unpaired) electrons. The van der Waals surface area contributed by atoms with Gasteiger partial charge < -0.3 is 14.0 Å². The molecular formula is C13H24NO3+. The molecule has 0 aliphatic carbocycles. The molecule has 1 aliphatic heterocycles. The molecule has 0 aromatic rings. The smallest absolute Gasteiger partial charge is 0.333 e. The van der Waals surface area contributed by atoms with Crippen molar-refractivity contribution in [2.24, 2.45) is 0 Å².